The Morgan fingerprint density at radius 3 is 1.96 bits per heavy atom. The van der Waals surface area contributed by atoms with Crippen LogP contribution in [0, 0.1) is 5.92 Å². The molecule has 0 aromatic heterocycles. The van der Waals surface area contributed by atoms with Gasteiger partial charge in [-0.3, -0.25) is 9.59 Å². The van der Waals surface area contributed by atoms with E-state index in [-0.39, 0.29) is 12.3 Å². The van der Waals surface area contributed by atoms with E-state index in [2.05, 4.69) is 50.6 Å². The van der Waals surface area contributed by atoms with Gasteiger partial charge < -0.3 is 13.0 Å². The van der Waals surface area contributed by atoms with Gasteiger partial charge in [-0.1, -0.05) is 17.8 Å². The zero-order chi connectivity index (χ0) is 18.6. The van der Waals surface area contributed by atoms with Crippen LogP contribution in [0.1, 0.15) is 19.3 Å². The van der Waals surface area contributed by atoms with Crippen molar-refractivity contribution in [2.75, 3.05) is 0 Å². The SMILES string of the molecule is C=C[Si](C)(C)O[Si](C)(CCCC1CC(=O)OC1=O)O[Si](C)(C)C=C. The highest BCUT2D eigenvalue weighted by Gasteiger charge is 2.42. The molecule has 0 saturated carbocycles. The first-order valence-corrected chi connectivity index (χ1v) is 16.8. The lowest BCUT2D eigenvalue weighted by Gasteiger charge is -2.39. The van der Waals surface area contributed by atoms with Gasteiger partial charge in [-0.2, -0.15) is 0 Å². The maximum atomic E-state index is 11.6. The van der Waals surface area contributed by atoms with Crippen LogP contribution in [0.3, 0.4) is 0 Å². The summed E-state index contributed by atoms with van der Waals surface area (Å²) in [5.41, 5.74) is 3.83. The Morgan fingerprint density at radius 1 is 1.08 bits per heavy atom. The van der Waals surface area contributed by atoms with Crippen molar-refractivity contribution in [3.8, 4) is 0 Å². The van der Waals surface area contributed by atoms with E-state index in [0.717, 1.165) is 12.5 Å². The van der Waals surface area contributed by atoms with Crippen LogP contribution in [0.25, 0.3) is 0 Å². The Morgan fingerprint density at radius 2 is 1.58 bits per heavy atom. The van der Waals surface area contributed by atoms with Crippen LogP contribution >= 0.6 is 0 Å². The highest BCUT2D eigenvalue weighted by Crippen LogP contribution is 2.29. The van der Waals surface area contributed by atoms with Crippen LogP contribution in [-0.2, 0) is 22.6 Å². The van der Waals surface area contributed by atoms with Gasteiger partial charge in [0.15, 0.2) is 16.6 Å². The summed E-state index contributed by atoms with van der Waals surface area (Å²) in [6.07, 6.45) is 1.60. The second-order valence-electron chi connectivity index (χ2n) is 7.54. The van der Waals surface area contributed by atoms with Crippen molar-refractivity contribution in [3.05, 3.63) is 24.6 Å². The Labute approximate surface area is 148 Å². The molecule has 1 heterocycles. The van der Waals surface area contributed by atoms with Crippen LogP contribution in [0.5, 0.6) is 0 Å². The van der Waals surface area contributed by atoms with Gasteiger partial charge in [0.2, 0.25) is 0 Å². The van der Waals surface area contributed by atoms with Gasteiger partial charge in [-0.05, 0) is 45.2 Å². The van der Waals surface area contributed by atoms with Crippen LogP contribution in [0.15, 0.2) is 24.6 Å². The number of esters is 2. The molecule has 24 heavy (non-hydrogen) atoms. The third-order valence-electron chi connectivity index (χ3n) is 4.09. The molecule has 1 rings (SSSR count). The maximum absolute atomic E-state index is 11.6. The molecular formula is C16H30O5Si3. The van der Waals surface area contributed by atoms with Gasteiger partial charge in [0.1, 0.15) is 0 Å². The molecule has 5 nitrogen and oxygen atoms in total. The number of carbonyl (C=O) groups excluding carboxylic acids is 2. The molecule has 0 spiro atoms. The van der Waals surface area contributed by atoms with Crippen LogP contribution in [0.4, 0.5) is 0 Å². The van der Waals surface area contributed by atoms with Crippen molar-refractivity contribution < 1.29 is 22.6 Å². The molecule has 0 amide bonds. The molecule has 0 aromatic carbocycles. The largest absolute Gasteiger partial charge is 0.433 e. The summed E-state index contributed by atoms with van der Waals surface area (Å²) < 4.78 is 17.5. The molecule has 0 radical (unpaired) electrons. The average Bonchev–Trinajstić information content (AvgIpc) is 2.75. The van der Waals surface area contributed by atoms with Crippen molar-refractivity contribution in [1.82, 2.24) is 0 Å². The minimum absolute atomic E-state index is 0.193. The van der Waals surface area contributed by atoms with Gasteiger partial charge in [0, 0.05) is 0 Å². The van der Waals surface area contributed by atoms with E-state index in [1.807, 2.05) is 11.4 Å². The summed E-state index contributed by atoms with van der Waals surface area (Å²) in [7, 11) is -6.41. The van der Waals surface area contributed by atoms with E-state index in [9.17, 15) is 9.59 Å². The fraction of sp³-hybridized carbons (Fsp3) is 0.625. The van der Waals surface area contributed by atoms with E-state index < -0.39 is 37.1 Å². The topological polar surface area (TPSA) is 61.8 Å². The van der Waals surface area contributed by atoms with Gasteiger partial charge >= 0.3 is 20.5 Å². The molecule has 0 aliphatic carbocycles. The first-order valence-electron chi connectivity index (χ1n) is 8.34. The monoisotopic (exact) mass is 386 g/mol. The maximum Gasteiger partial charge on any atom is 0.317 e. The minimum Gasteiger partial charge on any atom is -0.433 e. The Kier molecular flexibility index (Phi) is 7.12. The third kappa shape index (κ3) is 6.60. The van der Waals surface area contributed by atoms with Crippen molar-refractivity contribution >= 4 is 37.1 Å². The van der Waals surface area contributed by atoms with Gasteiger partial charge in [-0.25, -0.2) is 0 Å². The van der Waals surface area contributed by atoms with E-state index in [1.54, 1.807) is 0 Å². The van der Waals surface area contributed by atoms with E-state index in [1.165, 1.54) is 0 Å². The first-order chi connectivity index (χ1) is 10.9. The molecule has 8 heteroatoms. The quantitative estimate of drug-likeness (QED) is 0.324. The lowest BCUT2D eigenvalue weighted by Crippen LogP contribution is -2.53. The number of carbonyl (C=O) groups is 2. The zero-order valence-electron chi connectivity index (χ0n) is 15.5. The number of rotatable bonds is 10. The molecule has 1 atom stereocenters. The predicted molar refractivity (Wildman–Crippen MR) is 102 cm³/mol. The van der Waals surface area contributed by atoms with Crippen molar-refractivity contribution in [3.63, 3.8) is 0 Å². The van der Waals surface area contributed by atoms with Gasteiger partial charge in [-0.15, -0.1) is 13.2 Å². The average molecular weight is 387 g/mol. The Bertz CT molecular complexity index is 494. The smallest absolute Gasteiger partial charge is 0.317 e. The van der Waals surface area contributed by atoms with Gasteiger partial charge in [0.25, 0.3) is 0 Å². The molecule has 1 aliphatic rings. The lowest BCUT2D eigenvalue weighted by molar-refractivity contribution is -0.153. The Hall–Kier alpha value is -0.809. The summed E-state index contributed by atoms with van der Waals surface area (Å²) in [5.74, 6) is -1.13. The standard InChI is InChI=1S/C16H30O5Si3/c1-8-22(3,4)20-24(7,21-23(5,6)9-2)12-10-11-14-13-15(17)19-16(14)18/h8-9,14H,1-2,10-13H2,3-7H3. The molecule has 1 unspecified atom stereocenters. The van der Waals surface area contributed by atoms with E-state index in [4.69, 9.17) is 8.23 Å². The second-order valence-corrected chi connectivity index (χ2v) is 19.2. The molecule has 0 bridgehead atoms. The minimum atomic E-state index is -2.43. The highest BCUT2D eigenvalue weighted by molar-refractivity contribution is 6.91. The number of ether oxygens (including phenoxy) is 1. The number of hydrogen-bond acceptors (Lipinski definition) is 5. The molecule has 136 valence electrons. The fourth-order valence-corrected chi connectivity index (χ4v) is 14.5. The number of hydrogen-bond donors (Lipinski definition) is 0. The summed E-state index contributed by atoms with van der Waals surface area (Å²) >= 11 is 0. The summed E-state index contributed by atoms with van der Waals surface area (Å²) in [6, 6.07) is 0.777. The lowest BCUT2D eigenvalue weighted by atomic mass is 10.0. The van der Waals surface area contributed by atoms with Crippen molar-refractivity contribution in [1.29, 1.82) is 0 Å². The molecular weight excluding hydrogens is 356 g/mol. The van der Waals surface area contributed by atoms with Crippen LogP contribution in [0.2, 0.25) is 38.8 Å². The van der Waals surface area contributed by atoms with Crippen LogP contribution in [-0.4, -0.2) is 37.1 Å². The molecule has 1 saturated heterocycles. The van der Waals surface area contributed by atoms with E-state index >= 15 is 0 Å². The predicted octanol–water partition coefficient (Wildman–Crippen LogP) is 3.82. The number of cyclic esters (lactones) is 2. The summed E-state index contributed by atoms with van der Waals surface area (Å²) in [6.45, 7) is 18.3. The van der Waals surface area contributed by atoms with Crippen molar-refractivity contribution in [2.24, 2.45) is 5.92 Å². The van der Waals surface area contributed by atoms with Crippen molar-refractivity contribution in [2.45, 2.75) is 58.0 Å². The van der Waals surface area contributed by atoms with Gasteiger partial charge in [0.05, 0.1) is 12.3 Å². The fourth-order valence-electron chi connectivity index (χ4n) is 2.73. The molecule has 0 N–H and O–H groups in total. The third-order valence-corrected chi connectivity index (χ3v) is 15.0. The normalized spacial score (nSPS) is 19.3. The summed E-state index contributed by atoms with van der Waals surface area (Å²) in [4.78, 5) is 22.8. The van der Waals surface area contributed by atoms with Crippen LogP contribution < -0.4 is 0 Å². The molecule has 0 aromatic rings. The van der Waals surface area contributed by atoms with E-state index in [0.29, 0.717) is 6.42 Å². The first kappa shape index (κ1) is 21.2. The summed E-state index contributed by atoms with van der Waals surface area (Å²) in [5, 5.41) is 0. The second kappa shape index (κ2) is 8.05. The zero-order valence-corrected chi connectivity index (χ0v) is 18.5. The highest BCUT2D eigenvalue weighted by atomic mass is 28.5. The molecule has 1 aliphatic heterocycles. The Balaban J connectivity index is 2.74. The molecule has 1 fully saturated rings.